The molecule has 0 aromatic heterocycles. The summed E-state index contributed by atoms with van der Waals surface area (Å²) >= 11 is 0. The Labute approximate surface area is 92.6 Å². The fourth-order valence-electron chi connectivity index (χ4n) is 0.326. The van der Waals surface area contributed by atoms with E-state index < -0.39 is 6.10 Å². The van der Waals surface area contributed by atoms with E-state index in [-0.39, 0.29) is 25.4 Å². The van der Waals surface area contributed by atoms with E-state index in [0.29, 0.717) is 13.2 Å². The molecule has 0 spiro atoms. The first kappa shape index (κ1) is 15.1. The Morgan fingerprint density at radius 3 is 1.38 bits per heavy atom. The predicted molar refractivity (Wildman–Crippen MR) is 51.8 cm³/mol. The molecule has 2 saturated heterocycles. The van der Waals surface area contributed by atoms with Crippen LogP contribution in [-0.2, 0) is 19.1 Å². The summed E-state index contributed by atoms with van der Waals surface area (Å²) < 4.78 is 8.98. The van der Waals surface area contributed by atoms with Gasteiger partial charge in [0, 0.05) is 0 Å². The summed E-state index contributed by atoms with van der Waals surface area (Å²) in [6, 6.07) is 0. The van der Waals surface area contributed by atoms with E-state index >= 15 is 0 Å². The highest BCUT2D eigenvalue weighted by Gasteiger charge is 2.20. The maximum absolute atomic E-state index is 9.44. The average molecular weight is 236 g/mol. The molecule has 0 amide bonds. The van der Waals surface area contributed by atoms with Crippen LogP contribution in [0.3, 0.4) is 0 Å². The zero-order valence-corrected chi connectivity index (χ0v) is 8.69. The fraction of sp³-hybridized carbons (Fsp3) is 0.778. The monoisotopic (exact) mass is 236 g/mol. The Bertz CT molecular complexity index is 168. The molecule has 3 N–H and O–H groups in total. The number of aliphatic hydroxyl groups is 3. The fourth-order valence-corrected chi connectivity index (χ4v) is 0.326. The van der Waals surface area contributed by atoms with Crippen molar-refractivity contribution < 1.29 is 34.4 Å². The van der Waals surface area contributed by atoms with Crippen molar-refractivity contribution in [3.63, 3.8) is 0 Å². The van der Waals surface area contributed by atoms with Gasteiger partial charge in [0.1, 0.15) is 18.3 Å². The summed E-state index contributed by atoms with van der Waals surface area (Å²) in [4.78, 5) is 18.9. The SMILES string of the molecule is O=CC1CO1.O=CC1CO1.OCC(O)CO. The molecular weight excluding hydrogens is 220 g/mol. The lowest BCUT2D eigenvalue weighted by Crippen LogP contribution is -2.15. The second-order valence-electron chi connectivity index (χ2n) is 3.03. The highest BCUT2D eigenvalue weighted by atomic mass is 16.6. The molecule has 7 heteroatoms. The van der Waals surface area contributed by atoms with Gasteiger partial charge in [-0.2, -0.15) is 0 Å². The van der Waals surface area contributed by atoms with Crippen molar-refractivity contribution in [1.82, 2.24) is 0 Å². The highest BCUT2D eigenvalue weighted by molar-refractivity contribution is 5.59. The number of carbonyl (C=O) groups excluding carboxylic acids is 2. The van der Waals surface area contributed by atoms with E-state index in [1.54, 1.807) is 0 Å². The Kier molecular flexibility index (Phi) is 8.87. The molecule has 0 saturated carbocycles. The zero-order valence-electron chi connectivity index (χ0n) is 8.69. The number of hydrogen-bond donors (Lipinski definition) is 3. The predicted octanol–water partition coefficient (Wildman–Crippen LogP) is -2.50. The number of hydrogen-bond acceptors (Lipinski definition) is 7. The molecule has 2 unspecified atom stereocenters. The maximum atomic E-state index is 9.44. The summed E-state index contributed by atoms with van der Waals surface area (Å²) in [6.45, 7) is 0.556. The molecule has 0 radical (unpaired) electrons. The second kappa shape index (κ2) is 9.37. The number of aldehydes is 2. The minimum absolute atomic E-state index is 0.0463. The van der Waals surface area contributed by atoms with Crippen molar-refractivity contribution >= 4 is 12.6 Å². The highest BCUT2D eigenvalue weighted by Crippen LogP contribution is 2.02. The van der Waals surface area contributed by atoms with Crippen LogP contribution in [0.4, 0.5) is 0 Å². The number of epoxide rings is 2. The van der Waals surface area contributed by atoms with Crippen molar-refractivity contribution in [2.45, 2.75) is 18.3 Å². The number of carbonyl (C=O) groups is 2. The Hall–Kier alpha value is -0.860. The summed E-state index contributed by atoms with van der Waals surface area (Å²) in [5.74, 6) is 0. The van der Waals surface area contributed by atoms with Crippen molar-refractivity contribution in [3.05, 3.63) is 0 Å². The van der Waals surface area contributed by atoms with E-state index in [9.17, 15) is 9.59 Å². The van der Waals surface area contributed by atoms with Crippen molar-refractivity contribution in [3.8, 4) is 0 Å². The lowest BCUT2D eigenvalue weighted by molar-refractivity contribution is -0.109. The third-order valence-corrected chi connectivity index (χ3v) is 1.44. The van der Waals surface area contributed by atoms with Crippen molar-refractivity contribution in [2.75, 3.05) is 26.4 Å². The first-order chi connectivity index (χ1) is 7.67. The van der Waals surface area contributed by atoms with E-state index in [0.717, 1.165) is 12.6 Å². The van der Waals surface area contributed by atoms with Crippen LogP contribution in [0.2, 0.25) is 0 Å². The normalized spacial score (nSPS) is 24.5. The Morgan fingerprint density at radius 1 is 1.06 bits per heavy atom. The van der Waals surface area contributed by atoms with Gasteiger partial charge >= 0.3 is 0 Å². The van der Waals surface area contributed by atoms with Crippen LogP contribution in [0.15, 0.2) is 0 Å². The third-order valence-electron chi connectivity index (χ3n) is 1.44. The van der Waals surface area contributed by atoms with Crippen LogP contribution >= 0.6 is 0 Å². The molecular formula is C9H16O7. The van der Waals surface area contributed by atoms with E-state index in [2.05, 4.69) is 9.47 Å². The Morgan fingerprint density at radius 2 is 1.38 bits per heavy atom. The molecule has 2 atom stereocenters. The van der Waals surface area contributed by atoms with Gasteiger partial charge in [-0.05, 0) is 0 Å². The van der Waals surface area contributed by atoms with Crippen LogP contribution in [0.25, 0.3) is 0 Å². The lowest BCUT2D eigenvalue weighted by Gasteiger charge is -1.96. The van der Waals surface area contributed by atoms with Gasteiger partial charge in [-0.1, -0.05) is 0 Å². The summed E-state index contributed by atoms with van der Waals surface area (Å²) in [6.07, 6.45) is 0.565. The molecule has 2 aliphatic rings. The largest absolute Gasteiger partial charge is 0.394 e. The van der Waals surface area contributed by atoms with Gasteiger partial charge in [-0.3, -0.25) is 0 Å². The minimum Gasteiger partial charge on any atom is -0.394 e. The molecule has 0 aromatic carbocycles. The number of rotatable bonds is 4. The number of aliphatic hydroxyl groups excluding tert-OH is 3. The molecule has 0 aromatic rings. The van der Waals surface area contributed by atoms with E-state index in [1.807, 2.05) is 0 Å². The van der Waals surface area contributed by atoms with Crippen LogP contribution in [0.1, 0.15) is 0 Å². The van der Waals surface area contributed by atoms with Gasteiger partial charge in [0.2, 0.25) is 0 Å². The van der Waals surface area contributed by atoms with E-state index in [4.69, 9.17) is 15.3 Å². The van der Waals surface area contributed by atoms with Gasteiger partial charge in [0.15, 0.2) is 12.6 Å². The number of ether oxygens (including phenoxy) is 2. The van der Waals surface area contributed by atoms with Crippen LogP contribution in [-0.4, -0.2) is 72.6 Å². The molecule has 2 rings (SSSR count). The molecule has 0 bridgehead atoms. The van der Waals surface area contributed by atoms with Crippen molar-refractivity contribution in [1.29, 1.82) is 0 Å². The summed E-state index contributed by atoms with van der Waals surface area (Å²) in [5.41, 5.74) is 0. The standard InChI is InChI=1S/C3H8O3.2C3H4O2/c4-1-3(6)2-5;2*4-1-3-2-5-3/h3-6H,1-2H2;2*1,3H,2H2. The average Bonchev–Trinajstić information content (AvgIpc) is 3.23. The first-order valence-corrected chi connectivity index (χ1v) is 4.71. The van der Waals surface area contributed by atoms with Gasteiger partial charge in [-0.25, -0.2) is 0 Å². The van der Waals surface area contributed by atoms with Gasteiger partial charge in [0.05, 0.1) is 26.4 Å². The second-order valence-corrected chi connectivity index (χ2v) is 3.03. The van der Waals surface area contributed by atoms with Gasteiger partial charge < -0.3 is 34.4 Å². The summed E-state index contributed by atoms with van der Waals surface area (Å²) in [7, 11) is 0. The van der Waals surface area contributed by atoms with Crippen LogP contribution in [0.5, 0.6) is 0 Å². The van der Waals surface area contributed by atoms with Crippen LogP contribution in [0, 0.1) is 0 Å². The smallest absolute Gasteiger partial charge is 0.151 e. The molecule has 94 valence electrons. The minimum atomic E-state index is -0.954. The molecule has 0 aliphatic carbocycles. The lowest BCUT2D eigenvalue weighted by atomic mass is 10.4. The molecule has 2 fully saturated rings. The molecule has 16 heavy (non-hydrogen) atoms. The van der Waals surface area contributed by atoms with E-state index in [1.165, 1.54) is 0 Å². The zero-order chi connectivity index (χ0) is 12.4. The quantitative estimate of drug-likeness (QED) is 0.364. The van der Waals surface area contributed by atoms with Crippen LogP contribution < -0.4 is 0 Å². The third kappa shape index (κ3) is 11.2. The van der Waals surface area contributed by atoms with Gasteiger partial charge in [0.25, 0.3) is 0 Å². The molecule has 7 nitrogen and oxygen atoms in total. The molecule has 2 heterocycles. The first-order valence-electron chi connectivity index (χ1n) is 4.71. The Balaban J connectivity index is 0.000000211. The van der Waals surface area contributed by atoms with Crippen molar-refractivity contribution in [2.24, 2.45) is 0 Å². The van der Waals surface area contributed by atoms with Gasteiger partial charge in [-0.15, -0.1) is 0 Å². The summed E-state index contributed by atoms with van der Waals surface area (Å²) in [5, 5.41) is 24.0. The maximum Gasteiger partial charge on any atom is 0.151 e. The molecule has 2 aliphatic heterocycles. The topological polar surface area (TPSA) is 120 Å².